The lowest BCUT2D eigenvalue weighted by molar-refractivity contribution is 0.0734. The van der Waals surface area contributed by atoms with Crippen LogP contribution in [0.3, 0.4) is 0 Å². The van der Waals surface area contributed by atoms with Crippen molar-refractivity contribution in [3.8, 4) is 11.5 Å². The Bertz CT molecular complexity index is 1190. The zero-order valence-corrected chi connectivity index (χ0v) is 18.8. The summed E-state index contributed by atoms with van der Waals surface area (Å²) < 4.78 is 11.3. The van der Waals surface area contributed by atoms with E-state index in [9.17, 15) is 9.59 Å². The van der Waals surface area contributed by atoms with Gasteiger partial charge in [0.25, 0.3) is 0 Å². The first kappa shape index (κ1) is 21.6. The Hall–Kier alpha value is -3.66. The van der Waals surface area contributed by atoms with E-state index in [1.807, 2.05) is 36.4 Å². The van der Waals surface area contributed by atoms with Crippen LogP contribution in [0.15, 0.2) is 72.5 Å². The number of hydrogen-bond acceptors (Lipinski definition) is 4. The predicted octanol–water partition coefficient (Wildman–Crippen LogP) is 6.38. The van der Waals surface area contributed by atoms with Gasteiger partial charge in [0.05, 0.1) is 11.1 Å². The van der Waals surface area contributed by atoms with Crippen molar-refractivity contribution in [1.29, 1.82) is 0 Å². The van der Waals surface area contributed by atoms with Crippen LogP contribution in [-0.4, -0.2) is 11.8 Å². The van der Waals surface area contributed by atoms with E-state index in [0.29, 0.717) is 22.6 Å². The summed E-state index contributed by atoms with van der Waals surface area (Å²) in [5.41, 5.74) is 4.19. The number of aryl methyl sites for hydroxylation is 1. The molecule has 162 valence electrons. The van der Waals surface area contributed by atoms with Crippen molar-refractivity contribution in [1.82, 2.24) is 0 Å². The third-order valence-electron chi connectivity index (χ3n) is 5.52. The summed E-state index contributed by atoms with van der Waals surface area (Å²) in [6.07, 6.45) is 2.68. The largest absolute Gasteiger partial charge is 0.452 e. The third kappa shape index (κ3) is 4.50. The van der Waals surface area contributed by atoms with Gasteiger partial charge >= 0.3 is 5.97 Å². The maximum atomic E-state index is 12.7. The molecule has 3 aromatic carbocycles. The van der Waals surface area contributed by atoms with Crippen LogP contribution in [0.5, 0.6) is 11.5 Å². The van der Waals surface area contributed by atoms with Gasteiger partial charge in [-0.1, -0.05) is 64.1 Å². The molecule has 0 fully saturated rings. The molecule has 0 saturated carbocycles. The van der Waals surface area contributed by atoms with Crippen molar-refractivity contribution in [2.24, 2.45) is 0 Å². The first-order valence-corrected chi connectivity index (χ1v) is 10.7. The van der Waals surface area contributed by atoms with Gasteiger partial charge in [0.15, 0.2) is 5.76 Å². The molecule has 0 spiro atoms. The number of hydrogen-bond donors (Lipinski definition) is 0. The van der Waals surface area contributed by atoms with E-state index in [4.69, 9.17) is 9.47 Å². The van der Waals surface area contributed by atoms with E-state index in [1.54, 1.807) is 36.4 Å². The van der Waals surface area contributed by atoms with Gasteiger partial charge in [0.2, 0.25) is 5.78 Å². The van der Waals surface area contributed by atoms with Crippen molar-refractivity contribution < 1.29 is 19.1 Å². The number of rotatable bonds is 4. The summed E-state index contributed by atoms with van der Waals surface area (Å²) in [6.45, 7) is 8.46. The topological polar surface area (TPSA) is 52.6 Å². The number of carbonyl (C=O) groups excluding carboxylic acids is 2. The number of carbonyl (C=O) groups is 2. The van der Waals surface area contributed by atoms with Gasteiger partial charge in [-0.3, -0.25) is 4.79 Å². The van der Waals surface area contributed by atoms with Crippen LogP contribution in [-0.2, 0) is 11.8 Å². The number of fused-ring (bicyclic) bond motifs is 1. The molecule has 0 bridgehead atoms. The Balaban J connectivity index is 1.49. The molecule has 0 radical (unpaired) electrons. The van der Waals surface area contributed by atoms with Gasteiger partial charge in [-0.25, -0.2) is 4.79 Å². The number of esters is 1. The highest BCUT2D eigenvalue weighted by atomic mass is 16.5. The molecular formula is C28H26O4. The molecule has 4 nitrogen and oxygen atoms in total. The van der Waals surface area contributed by atoms with Crippen LogP contribution in [0.4, 0.5) is 0 Å². The zero-order valence-electron chi connectivity index (χ0n) is 18.8. The molecule has 0 amide bonds. The van der Waals surface area contributed by atoms with Gasteiger partial charge in [0.1, 0.15) is 11.5 Å². The average Bonchev–Trinajstić information content (AvgIpc) is 3.08. The van der Waals surface area contributed by atoms with Crippen LogP contribution < -0.4 is 9.47 Å². The van der Waals surface area contributed by atoms with Gasteiger partial charge in [-0.05, 0) is 58.9 Å². The molecule has 4 heteroatoms. The van der Waals surface area contributed by atoms with Crippen LogP contribution in [0.25, 0.3) is 6.08 Å². The lowest BCUT2D eigenvalue weighted by atomic mass is 9.87. The highest BCUT2D eigenvalue weighted by Gasteiger charge is 2.28. The van der Waals surface area contributed by atoms with Crippen LogP contribution in [0, 0.1) is 0 Å². The Morgan fingerprint density at radius 2 is 1.66 bits per heavy atom. The average molecular weight is 427 g/mol. The molecule has 4 rings (SSSR count). The van der Waals surface area contributed by atoms with Gasteiger partial charge in [-0.15, -0.1) is 0 Å². The molecule has 0 saturated heterocycles. The standard InChI is InChI=1S/C28H26O4/c1-5-18-6-8-19(9-7-18)16-25-26(29)23-15-14-22(17-24(23)32-25)31-27(30)20-10-12-21(13-11-20)28(2,3)4/h6-17H,5H2,1-4H3/b25-16-. The van der Waals surface area contributed by atoms with Crippen LogP contribution >= 0.6 is 0 Å². The van der Waals surface area contributed by atoms with Crippen molar-refractivity contribution in [2.75, 3.05) is 0 Å². The number of ketones is 1. The van der Waals surface area contributed by atoms with Gasteiger partial charge in [-0.2, -0.15) is 0 Å². The van der Waals surface area contributed by atoms with Crippen LogP contribution in [0.2, 0.25) is 0 Å². The number of benzene rings is 3. The normalized spacial score (nSPS) is 14.2. The fourth-order valence-corrected chi connectivity index (χ4v) is 3.50. The van der Waals surface area contributed by atoms with E-state index < -0.39 is 5.97 Å². The smallest absolute Gasteiger partial charge is 0.343 e. The van der Waals surface area contributed by atoms with Crippen molar-refractivity contribution >= 4 is 17.8 Å². The Kier molecular flexibility index (Phi) is 5.70. The molecule has 1 aliphatic rings. The molecular weight excluding hydrogens is 400 g/mol. The van der Waals surface area contributed by atoms with E-state index in [2.05, 4.69) is 27.7 Å². The second-order valence-electron chi connectivity index (χ2n) is 8.91. The van der Waals surface area contributed by atoms with E-state index in [-0.39, 0.29) is 17.0 Å². The maximum absolute atomic E-state index is 12.7. The minimum absolute atomic E-state index is 0.00949. The molecule has 0 unspecified atom stereocenters. The number of Topliss-reactive ketones (excluding diaryl/α,β-unsaturated/α-hetero) is 1. The van der Waals surface area contributed by atoms with Gasteiger partial charge < -0.3 is 9.47 Å². The molecule has 0 N–H and O–H groups in total. The number of ether oxygens (including phenoxy) is 2. The lowest BCUT2D eigenvalue weighted by Crippen LogP contribution is -2.12. The van der Waals surface area contributed by atoms with Gasteiger partial charge in [0, 0.05) is 6.07 Å². The Morgan fingerprint density at radius 3 is 2.28 bits per heavy atom. The molecule has 32 heavy (non-hydrogen) atoms. The molecule has 0 aliphatic carbocycles. The summed E-state index contributed by atoms with van der Waals surface area (Å²) in [5.74, 6) is 0.331. The first-order chi connectivity index (χ1) is 15.2. The summed E-state index contributed by atoms with van der Waals surface area (Å²) in [5, 5.41) is 0. The summed E-state index contributed by atoms with van der Waals surface area (Å²) in [4.78, 5) is 25.2. The predicted molar refractivity (Wildman–Crippen MR) is 125 cm³/mol. The fraction of sp³-hybridized carbons (Fsp3) is 0.214. The summed E-state index contributed by atoms with van der Waals surface area (Å²) >= 11 is 0. The van der Waals surface area contributed by atoms with E-state index >= 15 is 0 Å². The Labute approximate surface area is 188 Å². The number of allylic oxidation sites excluding steroid dienone is 1. The van der Waals surface area contributed by atoms with E-state index in [1.165, 1.54) is 5.56 Å². The fourth-order valence-electron chi connectivity index (χ4n) is 3.50. The quantitative estimate of drug-likeness (QED) is 0.276. The minimum Gasteiger partial charge on any atom is -0.452 e. The van der Waals surface area contributed by atoms with Crippen LogP contribution in [0.1, 0.15) is 65.1 Å². The molecule has 0 atom stereocenters. The second-order valence-corrected chi connectivity index (χ2v) is 8.91. The van der Waals surface area contributed by atoms with Crippen molar-refractivity contribution in [2.45, 2.75) is 39.5 Å². The monoisotopic (exact) mass is 426 g/mol. The van der Waals surface area contributed by atoms with E-state index in [0.717, 1.165) is 17.5 Å². The first-order valence-electron chi connectivity index (χ1n) is 10.7. The summed E-state index contributed by atoms with van der Waals surface area (Å²) in [6, 6.07) is 20.2. The van der Waals surface area contributed by atoms with Crippen molar-refractivity contribution in [3.63, 3.8) is 0 Å². The van der Waals surface area contributed by atoms with Crippen molar-refractivity contribution in [3.05, 3.63) is 100 Å². The summed E-state index contributed by atoms with van der Waals surface area (Å²) in [7, 11) is 0. The lowest BCUT2D eigenvalue weighted by Gasteiger charge is -2.18. The third-order valence-corrected chi connectivity index (χ3v) is 5.52. The SMILES string of the molecule is CCc1ccc(/C=C2\Oc3cc(OC(=O)c4ccc(C(C)(C)C)cc4)ccc3C2=O)cc1. The highest BCUT2D eigenvalue weighted by molar-refractivity contribution is 6.14. The maximum Gasteiger partial charge on any atom is 0.343 e. The highest BCUT2D eigenvalue weighted by Crippen LogP contribution is 2.35. The minimum atomic E-state index is -0.457. The molecule has 1 aliphatic heterocycles. The zero-order chi connectivity index (χ0) is 22.9. The molecule has 0 aromatic heterocycles. The molecule has 1 heterocycles. The second kappa shape index (κ2) is 8.46. The Morgan fingerprint density at radius 1 is 0.969 bits per heavy atom. The molecule has 3 aromatic rings.